The van der Waals surface area contributed by atoms with Crippen molar-refractivity contribution in [1.29, 1.82) is 0 Å². The van der Waals surface area contributed by atoms with Gasteiger partial charge in [-0.3, -0.25) is 4.79 Å². The highest BCUT2D eigenvalue weighted by molar-refractivity contribution is 5.92. The molecule has 1 aliphatic heterocycles. The number of methoxy groups -OCH3 is 2. The third-order valence-electron chi connectivity index (χ3n) is 5.75. The Morgan fingerprint density at radius 2 is 1.72 bits per heavy atom. The van der Waals surface area contributed by atoms with E-state index in [4.69, 9.17) is 9.47 Å². The number of hydrogen-bond donors (Lipinski definition) is 0. The fourth-order valence-corrected chi connectivity index (χ4v) is 4.36. The largest absolute Gasteiger partial charge is 0.497 e. The summed E-state index contributed by atoms with van der Waals surface area (Å²) < 4.78 is 10.2. The lowest BCUT2D eigenvalue weighted by molar-refractivity contribution is -0.153. The molecule has 0 bridgehead atoms. The van der Waals surface area contributed by atoms with Crippen molar-refractivity contribution in [3.63, 3.8) is 0 Å². The summed E-state index contributed by atoms with van der Waals surface area (Å²) in [7, 11) is 3.03. The standard InChI is InChI=1S/C20H27NO4/c1-24-16-10-8-15(9-11-16)20(12-4-3-5-13-20)19(23)21-14-6-7-17(21)18(22)25-2/h8-11,17H,3-7,12-14H2,1-2H3. The monoisotopic (exact) mass is 345 g/mol. The molecule has 1 saturated carbocycles. The van der Waals surface area contributed by atoms with Gasteiger partial charge in [-0.15, -0.1) is 0 Å². The van der Waals surface area contributed by atoms with E-state index >= 15 is 0 Å². The highest BCUT2D eigenvalue weighted by Gasteiger charge is 2.47. The van der Waals surface area contributed by atoms with E-state index < -0.39 is 11.5 Å². The van der Waals surface area contributed by atoms with Gasteiger partial charge in [0.25, 0.3) is 0 Å². The van der Waals surface area contributed by atoms with Gasteiger partial charge in [0.1, 0.15) is 11.8 Å². The molecule has 0 spiro atoms. The zero-order valence-electron chi connectivity index (χ0n) is 15.1. The quantitative estimate of drug-likeness (QED) is 0.787. The second-order valence-corrected chi connectivity index (χ2v) is 7.05. The van der Waals surface area contributed by atoms with Crippen LogP contribution in [0, 0.1) is 0 Å². The van der Waals surface area contributed by atoms with Gasteiger partial charge in [-0.2, -0.15) is 0 Å². The van der Waals surface area contributed by atoms with Crippen molar-refractivity contribution in [3.8, 4) is 5.75 Å². The molecule has 1 aliphatic carbocycles. The van der Waals surface area contributed by atoms with Crippen LogP contribution in [0.15, 0.2) is 24.3 Å². The summed E-state index contributed by atoms with van der Waals surface area (Å²) >= 11 is 0. The first-order chi connectivity index (χ1) is 12.1. The maximum atomic E-state index is 13.6. The van der Waals surface area contributed by atoms with Gasteiger partial charge in [0.2, 0.25) is 5.91 Å². The molecule has 136 valence electrons. The van der Waals surface area contributed by atoms with E-state index in [0.29, 0.717) is 13.0 Å². The lowest BCUT2D eigenvalue weighted by Gasteiger charge is -2.40. The van der Waals surface area contributed by atoms with Crippen molar-refractivity contribution in [1.82, 2.24) is 4.90 Å². The van der Waals surface area contributed by atoms with Crippen molar-refractivity contribution in [3.05, 3.63) is 29.8 Å². The Bertz CT molecular complexity index is 619. The van der Waals surface area contributed by atoms with Crippen LogP contribution in [0.2, 0.25) is 0 Å². The van der Waals surface area contributed by atoms with Crippen LogP contribution in [0.1, 0.15) is 50.5 Å². The number of ether oxygens (including phenoxy) is 2. The van der Waals surface area contributed by atoms with Crippen molar-refractivity contribution in [2.45, 2.75) is 56.4 Å². The molecule has 1 saturated heterocycles. The average molecular weight is 345 g/mol. The van der Waals surface area contributed by atoms with E-state index in [1.807, 2.05) is 24.3 Å². The van der Waals surface area contributed by atoms with E-state index in [-0.39, 0.29) is 11.9 Å². The van der Waals surface area contributed by atoms with Gasteiger partial charge in [-0.1, -0.05) is 31.4 Å². The van der Waals surface area contributed by atoms with Crippen molar-refractivity contribution in [2.75, 3.05) is 20.8 Å². The summed E-state index contributed by atoms with van der Waals surface area (Å²) in [5.74, 6) is 0.576. The van der Waals surface area contributed by atoms with E-state index in [1.54, 1.807) is 12.0 Å². The Labute approximate surface area is 149 Å². The van der Waals surface area contributed by atoms with Crippen LogP contribution >= 0.6 is 0 Å². The van der Waals surface area contributed by atoms with Gasteiger partial charge >= 0.3 is 5.97 Å². The van der Waals surface area contributed by atoms with Gasteiger partial charge in [-0.25, -0.2) is 4.79 Å². The number of carbonyl (C=O) groups is 2. The van der Waals surface area contributed by atoms with Gasteiger partial charge in [0.05, 0.1) is 19.6 Å². The minimum atomic E-state index is -0.527. The van der Waals surface area contributed by atoms with Crippen LogP contribution < -0.4 is 4.74 Å². The summed E-state index contributed by atoms with van der Waals surface area (Å²) in [6.07, 6.45) is 6.45. The summed E-state index contributed by atoms with van der Waals surface area (Å²) in [4.78, 5) is 27.5. The predicted molar refractivity (Wildman–Crippen MR) is 94.5 cm³/mol. The lowest BCUT2D eigenvalue weighted by Crippen LogP contribution is -2.51. The predicted octanol–water partition coefficient (Wildman–Crippen LogP) is 3.06. The first-order valence-corrected chi connectivity index (χ1v) is 9.16. The fraction of sp³-hybridized carbons (Fsp3) is 0.600. The van der Waals surface area contributed by atoms with Gasteiger partial charge in [0, 0.05) is 6.54 Å². The van der Waals surface area contributed by atoms with E-state index in [9.17, 15) is 9.59 Å². The first kappa shape index (κ1) is 17.8. The Morgan fingerprint density at radius 1 is 1.04 bits per heavy atom. The molecule has 5 nitrogen and oxygen atoms in total. The topological polar surface area (TPSA) is 55.8 Å². The second kappa shape index (κ2) is 7.46. The molecule has 1 aromatic carbocycles. The van der Waals surface area contributed by atoms with Crippen LogP contribution in [0.3, 0.4) is 0 Å². The average Bonchev–Trinajstić information content (AvgIpc) is 3.17. The SMILES string of the molecule is COC(=O)C1CCCN1C(=O)C1(c2ccc(OC)cc2)CCCCC1. The number of likely N-dealkylation sites (tertiary alicyclic amines) is 1. The second-order valence-electron chi connectivity index (χ2n) is 7.05. The van der Waals surface area contributed by atoms with E-state index in [1.165, 1.54) is 7.11 Å². The van der Waals surface area contributed by atoms with E-state index in [0.717, 1.165) is 49.8 Å². The molecule has 1 amide bonds. The number of carbonyl (C=O) groups excluding carboxylic acids is 2. The minimum absolute atomic E-state index is 0.0882. The molecule has 1 atom stereocenters. The number of nitrogens with zero attached hydrogens (tertiary/aromatic N) is 1. The molecule has 2 fully saturated rings. The number of benzene rings is 1. The maximum absolute atomic E-state index is 13.6. The highest BCUT2D eigenvalue weighted by Crippen LogP contribution is 2.42. The zero-order chi connectivity index (χ0) is 17.9. The molecule has 0 N–H and O–H groups in total. The van der Waals surface area contributed by atoms with Crippen molar-refractivity contribution in [2.24, 2.45) is 0 Å². The fourth-order valence-electron chi connectivity index (χ4n) is 4.36. The van der Waals surface area contributed by atoms with Crippen LogP contribution in [0.5, 0.6) is 5.75 Å². The van der Waals surface area contributed by atoms with Gasteiger partial charge in [-0.05, 0) is 43.4 Å². The van der Waals surface area contributed by atoms with E-state index in [2.05, 4.69) is 0 Å². The molecule has 5 heteroatoms. The number of hydrogen-bond acceptors (Lipinski definition) is 4. The third kappa shape index (κ3) is 3.24. The Balaban J connectivity index is 1.94. The zero-order valence-corrected chi connectivity index (χ0v) is 15.1. The summed E-state index contributed by atoms with van der Waals surface area (Å²) in [5, 5.41) is 0. The lowest BCUT2D eigenvalue weighted by atomic mass is 9.68. The van der Waals surface area contributed by atoms with Crippen LogP contribution in [-0.2, 0) is 19.7 Å². The molecule has 1 unspecified atom stereocenters. The van der Waals surface area contributed by atoms with Gasteiger partial charge < -0.3 is 14.4 Å². The molecule has 1 aromatic rings. The first-order valence-electron chi connectivity index (χ1n) is 9.16. The molecule has 2 aliphatic rings. The maximum Gasteiger partial charge on any atom is 0.328 e. The Morgan fingerprint density at radius 3 is 2.32 bits per heavy atom. The summed E-state index contributed by atoms with van der Waals surface area (Å²) in [6, 6.07) is 7.41. The highest BCUT2D eigenvalue weighted by atomic mass is 16.5. The van der Waals surface area contributed by atoms with Crippen molar-refractivity contribution >= 4 is 11.9 Å². The summed E-state index contributed by atoms with van der Waals surface area (Å²) in [5.41, 5.74) is 0.509. The smallest absolute Gasteiger partial charge is 0.328 e. The Kier molecular flexibility index (Phi) is 5.30. The van der Waals surface area contributed by atoms with Crippen LogP contribution in [0.4, 0.5) is 0 Å². The molecular weight excluding hydrogens is 318 g/mol. The molecule has 0 radical (unpaired) electrons. The summed E-state index contributed by atoms with van der Waals surface area (Å²) in [6.45, 7) is 0.635. The van der Waals surface area contributed by atoms with Crippen LogP contribution in [0.25, 0.3) is 0 Å². The molecule has 3 rings (SSSR count). The molecule has 0 aromatic heterocycles. The van der Waals surface area contributed by atoms with Crippen LogP contribution in [-0.4, -0.2) is 43.6 Å². The van der Waals surface area contributed by atoms with Gasteiger partial charge in [0.15, 0.2) is 0 Å². The number of rotatable bonds is 4. The minimum Gasteiger partial charge on any atom is -0.497 e. The molecule has 25 heavy (non-hydrogen) atoms. The molecular formula is C20H27NO4. The van der Waals surface area contributed by atoms with Crippen molar-refractivity contribution < 1.29 is 19.1 Å². The normalized spacial score (nSPS) is 22.5. The Hall–Kier alpha value is -2.04. The number of amides is 1. The number of esters is 1. The third-order valence-corrected chi connectivity index (χ3v) is 5.75. The molecule has 1 heterocycles.